The Bertz CT molecular complexity index is 859. The average Bonchev–Trinajstić information content (AvgIpc) is 2.57. The molecule has 26 heavy (non-hydrogen) atoms. The Balaban J connectivity index is 2.23. The number of sulfonamides is 1. The van der Waals surface area contributed by atoms with Crippen molar-refractivity contribution in [1.29, 1.82) is 0 Å². The molecule has 0 N–H and O–H groups in total. The monoisotopic (exact) mass is 374 g/mol. The van der Waals surface area contributed by atoms with Crippen LogP contribution in [-0.2, 0) is 21.4 Å². The third kappa shape index (κ3) is 4.85. The van der Waals surface area contributed by atoms with E-state index in [9.17, 15) is 13.2 Å². The lowest BCUT2D eigenvalue weighted by molar-refractivity contribution is -0.131. The zero-order valence-corrected chi connectivity index (χ0v) is 16.7. The minimum Gasteiger partial charge on any atom is -0.340 e. The summed E-state index contributed by atoms with van der Waals surface area (Å²) in [5.41, 5.74) is 3.67. The summed E-state index contributed by atoms with van der Waals surface area (Å²) in [6.07, 6.45) is 1.12. The molecule has 0 aliphatic carbocycles. The van der Waals surface area contributed by atoms with Crippen molar-refractivity contribution in [2.45, 2.75) is 33.4 Å². The fraction of sp³-hybridized carbons (Fsp3) is 0.350. The van der Waals surface area contributed by atoms with Crippen LogP contribution in [0.1, 0.15) is 23.6 Å². The van der Waals surface area contributed by atoms with Gasteiger partial charge in [0.25, 0.3) is 0 Å². The number of hydrogen-bond acceptors (Lipinski definition) is 3. The third-order valence-electron chi connectivity index (χ3n) is 4.27. The SMILES string of the molecule is Cc1ccc(CN(C)C(=O)C(C)N(c2ccc(C)cc2)S(C)(=O)=O)cc1. The van der Waals surface area contributed by atoms with Gasteiger partial charge >= 0.3 is 0 Å². The molecule has 0 radical (unpaired) electrons. The zero-order valence-electron chi connectivity index (χ0n) is 15.9. The fourth-order valence-corrected chi connectivity index (χ4v) is 4.03. The quantitative estimate of drug-likeness (QED) is 0.781. The molecule has 0 saturated heterocycles. The van der Waals surface area contributed by atoms with Crippen LogP contribution < -0.4 is 4.31 Å². The molecule has 0 fully saturated rings. The van der Waals surface area contributed by atoms with E-state index in [4.69, 9.17) is 0 Å². The Hall–Kier alpha value is -2.34. The fourth-order valence-electron chi connectivity index (χ4n) is 2.86. The zero-order chi connectivity index (χ0) is 19.5. The second-order valence-corrected chi connectivity index (χ2v) is 8.61. The predicted molar refractivity (Wildman–Crippen MR) is 106 cm³/mol. The summed E-state index contributed by atoms with van der Waals surface area (Å²) in [4.78, 5) is 14.4. The first kappa shape index (κ1) is 20.0. The highest BCUT2D eigenvalue weighted by molar-refractivity contribution is 7.92. The molecule has 5 nitrogen and oxygen atoms in total. The number of amides is 1. The van der Waals surface area contributed by atoms with Crippen LogP contribution in [0.15, 0.2) is 48.5 Å². The van der Waals surface area contributed by atoms with Gasteiger partial charge in [0, 0.05) is 13.6 Å². The van der Waals surface area contributed by atoms with Crippen LogP contribution in [0.3, 0.4) is 0 Å². The van der Waals surface area contributed by atoms with E-state index < -0.39 is 16.1 Å². The van der Waals surface area contributed by atoms with E-state index in [-0.39, 0.29) is 5.91 Å². The van der Waals surface area contributed by atoms with Gasteiger partial charge in [0.05, 0.1) is 11.9 Å². The normalized spacial score (nSPS) is 12.5. The van der Waals surface area contributed by atoms with Crippen molar-refractivity contribution in [3.05, 3.63) is 65.2 Å². The highest BCUT2D eigenvalue weighted by atomic mass is 32.2. The molecule has 0 aromatic heterocycles. The van der Waals surface area contributed by atoms with Crippen LogP contribution in [0.25, 0.3) is 0 Å². The Labute approximate surface area is 156 Å². The molecule has 1 atom stereocenters. The van der Waals surface area contributed by atoms with Gasteiger partial charge in [-0.05, 0) is 38.5 Å². The summed E-state index contributed by atoms with van der Waals surface area (Å²) >= 11 is 0. The molecular weight excluding hydrogens is 348 g/mol. The Morgan fingerprint density at radius 2 is 1.42 bits per heavy atom. The minimum atomic E-state index is -3.60. The lowest BCUT2D eigenvalue weighted by Gasteiger charge is -2.31. The number of anilines is 1. The highest BCUT2D eigenvalue weighted by Gasteiger charge is 2.30. The van der Waals surface area contributed by atoms with E-state index >= 15 is 0 Å². The van der Waals surface area contributed by atoms with E-state index in [1.54, 1.807) is 31.0 Å². The van der Waals surface area contributed by atoms with Crippen molar-refractivity contribution in [3.63, 3.8) is 0 Å². The van der Waals surface area contributed by atoms with Gasteiger partial charge in [0.1, 0.15) is 6.04 Å². The Morgan fingerprint density at radius 1 is 0.962 bits per heavy atom. The van der Waals surface area contributed by atoms with E-state index in [0.29, 0.717) is 12.2 Å². The van der Waals surface area contributed by atoms with Crippen molar-refractivity contribution in [2.75, 3.05) is 17.6 Å². The number of carbonyl (C=O) groups excluding carboxylic acids is 1. The van der Waals surface area contributed by atoms with Gasteiger partial charge in [-0.25, -0.2) is 8.42 Å². The lowest BCUT2D eigenvalue weighted by Crippen LogP contribution is -2.48. The molecule has 0 heterocycles. The summed E-state index contributed by atoms with van der Waals surface area (Å²) in [7, 11) is -1.91. The number of rotatable bonds is 6. The first-order valence-corrected chi connectivity index (χ1v) is 10.3. The molecule has 2 aromatic carbocycles. The topological polar surface area (TPSA) is 57.7 Å². The summed E-state index contributed by atoms with van der Waals surface area (Å²) in [6.45, 7) is 5.98. The van der Waals surface area contributed by atoms with Gasteiger partial charge in [0.2, 0.25) is 15.9 Å². The first-order chi connectivity index (χ1) is 12.1. The number of hydrogen-bond donors (Lipinski definition) is 0. The van der Waals surface area contributed by atoms with Crippen molar-refractivity contribution >= 4 is 21.6 Å². The largest absolute Gasteiger partial charge is 0.340 e. The van der Waals surface area contributed by atoms with Crippen molar-refractivity contribution < 1.29 is 13.2 Å². The lowest BCUT2D eigenvalue weighted by atomic mass is 10.1. The van der Waals surface area contributed by atoms with Gasteiger partial charge in [0.15, 0.2) is 0 Å². The molecule has 0 bridgehead atoms. The Kier molecular flexibility index (Phi) is 6.08. The second kappa shape index (κ2) is 7.91. The Morgan fingerprint density at radius 3 is 1.88 bits per heavy atom. The van der Waals surface area contributed by atoms with Crippen molar-refractivity contribution in [1.82, 2.24) is 4.90 Å². The van der Waals surface area contributed by atoms with E-state index in [1.807, 2.05) is 50.2 Å². The summed E-state index contributed by atoms with van der Waals surface area (Å²) < 4.78 is 25.9. The number of aryl methyl sites for hydroxylation is 2. The van der Waals surface area contributed by atoms with Gasteiger partial charge in [-0.2, -0.15) is 0 Å². The molecule has 1 amide bonds. The molecule has 0 aliphatic heterocycles. The summed E-state index contributed by atoms with van der Waals surface area (Å²) in [5.74, 6) is -0.253. The van der Waals surface area contributed by atoms with Crippen LogP contribution in [0.2, 0.25) is 0 Å². The van der Waals surface area contributed by atoms with Gasteiger partial charge < -0.3 is 4.90 Å². The third-order valence-corrected chi connectivity index (χ3v) is 5.51. The molecule has 0 saturated carbocycles. The van der Waals surface area contributed by atoms with Gasteiger partial charge in [-0.15, -0.1) is 0 Å². The molecule has 6 heteroatoms. The highest BCUT2D eigenvalue weighted by Crippen LogP contribution is 2.22. The van der Waals surface area contributed by atoms with Crippen molar-refractivity contribution in [2.24, 2.45) is 0 Å². The number of carbonyl (C=O) groups is 1. The molecule has 1 unspecified atom stereocenters. The summed E-state index contributed by atoms with van der Waals surface area (Å²) in [6, 6.07) is 14.2. The second-order valence-electron chi connectivity index (χ2n) is 6.75. The maximum atomic E-state index is 12.9. The number of benzene rings is 2. The van der Waals surface area contributed by atoms with E-state index in [1.165, 1.54) is 4.31 Å². The molecule has 2 aromatic rings. The average molecular weight is 375 g/mol. The summed E-state index contributed by atoms with van der Waals surface area (Å²) in [5, 5.41) is 0. The van der Waals surface area contributed by atoms with Crippen molar-refractivity contribution in [3.8, 4) is 0 Å². The van der Waals surface area contributed by atoms with Crippen LogP contribution in [0.5, 0.6) is 0 Å². The van der Waals surface area contributed by atoms with Gasteiger partial charge in [-0.1, -0.05) is 47.5 Å². The van der Waals surface area contributed by atoms with E-state index in [0.717, 1.165) is 22.9 Å². The first-order valence-electron chi connectivity index (χ1n) is 8.46. The molecule has 0 spiro atoms. The van der Waals surface area contributed by atoms with Crippen LogP contribution in [0, 0.1) is 13.8 Å². The predicted octanol–water partition coefficient (Wildman–Crippen LogP) is 3.12. The molecular formula is C20H26N2O3S. The minimum absolute atomic E-state index is 0.253. The number of nitrogens with zero attached hydrogens (tertiary/aromatic N) is 2. The van der Waals surface area contributed by atoms with Crippen LogP contribution >= 0.6 is 0 Å². The number of likely N-dealkylation sites (N-methyl/N-ethyl adjacent to an activating group) is 1. The standard InChI is InChI=1S/C20H26N2O3S/c1-15-6-10-18(11-7-15)14-21(4)20(23)17(3)22(26(5,24)25)19-12-8-16(2)9-13-19/h6-13,17H,14H2,1-5H3. The maximum absolute atomic E-state index is 12.9. The van der Waals surface area contributed by atoms with Gasteiger partial charge in [-0.3, -0.25) is 9.10 Å². The van der Waals surface area contributed by atoms with E-state index in [2.05, 4.69) is 0 Å². The molecule has 2 rings (SSSR count). The molecule has 0 aliphatic rings. The smallest absolute Gasteiger partial charge is 0.246 e. The molecule has 140 valence electrons. The van der Waals surface area contributed by atoms with Crippen LogP contribution in [0.4, 0.5) is 5.69 Å². The van der Waals surface area contributed by atoms with Crippen LogP contribution in [-0.4, -0.2) is 38.6 Å². The maximum Gasteiger partial charge on any atom is 0.246 e.